The first-order chi connectivity index (χ1) is 9.43. The van der Waals surface area contributed by atoms with Crippen LogP contribution in [0.5, 0.6) is 0 Å². The lowest BCUT2D eigenvalue weighted by Crippen LogP contribution is -2.26. The first-order valence-electron chi connectivity index (χ1n) is 6.14. The molecule has 20 heavy (non-hydrogen) atoms. The molecule has 1 heterocycles. The second-order valence-corrected chi connectivity index (χ2v) is 6.16. The van der Waals surface area contributed by atoms with Gasteiger partial charge in [-0.25, -0.2) is 8.42 Å². The molecular weight excluding hydrogens is 282 g/mol. The predicted molar refractivity (Wildman–Crippen MR) is 74.2 cm³/mol. The van der Waals surface area contributed by atoms with Gasteiger partial charge in [0.2, 0.25) is 10.0 Å². The Labute approximate surface area is 116 Å². The molecule has 0 spiro atoms. The highest BCUT2D eigenvalue weighted by Gasteiger charge is 2.27. The average Bonchev–Trinajstić information content (AvgIpc) is 2.64. The smallest absolute Gasteiger partial charge is 0.259 e. The summed E-state index contributed by atoms with van der Waals surface area (Å²) in [5, 5.41) is 5.07. The van der Waals surface area contributed by atoms with E-state index in [4.69, 9.17) is 0 Å². The van der Waals surface area contributed by atoms with Gasteiger partial charge in [0.15, 0.2) is 0 Å². The standard InChI is InChI=1S/C12H15N3O4S/c1-2-13-5-6-20(18,19)15-8-3-4-9-10(7-8)12(17)14-11(9)16/h3-4,7,13,15H,2,5-6H2,1H3,(H,14,16,17). The molecule has 8 heteroatoms. The van der Waals surface area contributed by atoms with Crippen LogP contribution in [0.1, 0.15) is 27.6 Å². The molecular formula is C12H15N3O4S. The Hall–Kier alpha value is -1.93. The Morgan fingerprint density at radius 3 is 2.55 bits per heavy atom. The number of hydrogen-bond acceptors (Lipinski definition) is 5. The molecule has 0 saturated carbocycles. The predicted octanol–water partition coefficient (Wildman–Crippen LogP) is -0.0786. The topological polar surface area (TPSA) is 104 Å². The van der Waals surface area contributed by atoms with Gasteiger partial charge in [0, 0.05) is 12.2 Å². The Kier molecular flexibility index (Phi) is 4.05. The monoisotopic (exact) mass is 297 g/mol. The van der Waals surface area contributed by atoms with E-state index in [0.717, 1.165) is 0 Å². The number of nitrogens with one attached hydrogen (secondary N) is 3. The maximum absolute atomic E-state index is 11.8. The van der Waals surface area contributed by atoms with Crippen LogP contribution in [0.4, 0.5) is 5.69 Å². The van der Waals surface area contributed by atoms with E-state index in [1.165, 1.54) is 18.2 Å². The van der Waals surface area contributed by atoms with Crippen molar-refractivity contribution < 1.29 is 18.0 Å². The third kappa shape index (κ3) is 3.14. The van der Waals surface area contributed by atoms with Crippen LogP contribution in [0.15, 0.2) is 18.2 Å². The number of carbonyl (C=O) groups is 2. The van der Waals surface area contributed by atoms with Crippen LogP contribution in [-0.4, -0.2) is 39.1 Å². The van der Waals surface area contributed by atoms with Crippen LogP contribution in [0.3, 0.4) is 0 Å². The van der Waals surface area contributed by atoms with Crippen molar-refractivity contribution >= 4 is 27.5 Å². The summed E-state index contributed by atoms with van der Waals surface area (Å²) in [6.07, 6.45) is 0. The first kappa shape index (κ1) is 14.5. The number of sulfonamides is 1. The molecule has 7 nitrogen and oxygen atoms in total. The van der Waals surface area contributed by atoms with Gasteiger partial charge in [-0.3, -0.25) is 19.6 Å². The molecule has 1 aliphatic heterocycles. The molecule has 0 fully saturated rings. The summed E-state index contributed by atoms with van der Waals surface area (Å²) < 4.78 is 26.0. The first-order valence-corrected chi connectivity index (χ1v) is 7.79. The van der Waals surface area contributed by atoms with E-state index in [9.17, 15) is 18.0 Å². The van der Waals surface area contributed by atoms with Gasteiger partial charge in [-0.05, 0) is 24.7 Å². The van der Waals surface area contributed by atoms with Crippen molar-refractivity contribution in [3.8, 4) is 0 Å². The minimum absolute atomic E-state index is 0.0664. The highest BCUT2D eigenvalue weighted by atomic mass is 32.2. The van der Waals surface area contributed by atoms with Gasteiger partial charge in [-0.1, -0.05) is 6.92 Å². The number of rotatable bonds is 6. The van der Waals surface area contributed by atoms with Crippen molar-refractivity contribution in [3.05, 3.63) is 29.3 Å². The van der Waals surface area contributed by atoms with Crippen molar-refractivity contribution in [2.24, 2.45) is 0 Å². The zero-order chi connectivity index (χ0) is 14.8. The second-order valence-electron chi connectivity index (χ2n) is 4.32. The number of fused-ring (bicyclic) bond motifs is 1. The lowest BCUT2D eigenvalue weighted by Gasteiger charge is -2.08. The fraction of sp³-hybridized carbons (Fsp3) is 0.333. The van der Waals surface area contributed by atoms with Gasteiger partial charge < -0.3 is 5.32 Å². The molecule has 0 radical (unpaired) electrons. The molecule has 1 aliphatic rings. The van der Waals surface area contributed by atoms with Gasteiger partial charge in [-0.2, -0.15) is 0 Å². The zero-order valence-corrected chi connectivity index (χ0v) is 11.7. The molecule has 1 aromatic rings. The molecule has 2 amide bonds. The van der Waals surface area contributed by atoms with Gasteiger partial charge in [0.05, 0.1) is 16.9 Å². The van der Waals surface area contributed by atoms with Crippen molar-refractivity contribution in [1.29, 1.82) is 0 Å². The Balaban J connectivity index is 2.13. The Bertz CT molecular complexity index is 655. The lowest BCUT2D eigenvalue weighted by atomic mass is 10.1. The molecule has 0 unspecified atom stereocenters. The second kappa shape index (κ2) is 5.59. The molecule has 3 N–H and O–H groups in total. The fourth-order valence-electron chi connectivity index (χ4n) is 1.85. The molecule has 0 bridgehead atoms. The summed E-state index contributed by atoms with van der Waals surface area (Å²) in [5.74, 6) is -1.05. The molecule has 1 aromatic carbocycles. The van der Waals surface area contributed by atoms with E-state index in [0.29, 0.717) is 13.1 Å². The maximum atomic E-state index is 11.8. The van der Waals surface area contributed by atoms with E-state index in [-0.39, 0.29) is 22.6 Å². The lowest BCUT2D eigenvalue weighted by molar-refractivity contribution is 0.0879. The Morgan fingerprint density at radius 2 is 1.85 bits per heavy atom. The summed E-state index contributed by atoms with van der Waals surface area (Å²) in [6, 6.07) is 4.25. The van der Waals surface area contributed by atoms with Crippen LogP contribution < -0.4 is 15.4 Å². The molecule has 0 saturated heterocycles. The molecule has 0 aromatic heterocycles. The van der Waals surface area contributed by atoms with Crippen LogP contribution in [0.2, 0.25) is 0 Å². The largest absolute Gasteiger partial charge is 0.316 e. The minimum atomic E-state index is -3.48. The highest BCUT2D eigenvalue weighted by Crippen LogP contribution is 2.20. The Morgan fingerprint density at radius 1 is 1.15 bits per heavy atom. The number of anilines is 1. The van der Waals surface area contributed by atoms with Crippen molar-refractivity contribution in [2.75, 3.05) is 23.6 Å². The van der Waals surface area contributed by atoms with E-state index >= 15 is 0 Å². The van der Waals surface area contributed by atoms with Gasteiger partial charge in [-0.15, -0.1) is 0 Å². The summed E-state index contributed by atoms with van der Waals surface area (Å²) in [6.45, 7) is 2.92. The van der Waals surface area contributed by atoms with Gasteiger partial charge in [0.25, 0.3) is 11.8 Å². The fourth-order valence-corrected chi connectivity index (χ4v) is 2.85. The summed E-state index contributed by atoms with van der Waals surface area (Å²) in [5.41, 5.74) is 0.706. The number of hydrogen-bond donors (Lipinski definition) is 3. The normalized spacial score (nSPS) is 14.1. The summed E-state index contributed by atoms with van der Waals surface area (Å²) in [7, 11) is -3.48. The van der Waals surface area contributed by atoms with Crippen molar-refractivity contribution in [2.45, 2.75) is 6.92 Å². The minimum Gasteiger partial charge on any atom is -0.316 e. The third-order valence-electron chi connectivity index (χ3n) is 2.81. The zero-order valence-electron chi connectivity index (χ0n) is 10.9. The van der Waals surface area contributed by atoms with Crippen LogP contribution in [-0.2, 0) is 10.0 Å². The quantitative estimate of drug-likeness (QED) is 0.503. The van der Waals surface area contributed by atoms with Crippen LogP contribution >= 0.6 is 0 Å². The van der Waals surface area contributed by atoms with Gasteiger partial charge in [0.1, 0.15) is 0 Å². The van der Waals surface area contributed by atoms with Crippen molar-refractivity contribution in [3.63, 3.8) is 0 Å². The van der Waals surface area contributed by atoms with Gasteiger partial charge >= 0.3 is 0 Å². The molecule has 0 aliphatic carbocycles. The van der Waals surface area contributed by atoms with E-state index in [2.05, 4.69) is 15.4 Å². The summed E-state index contributed by atoms with van der Waals surface area (Å²) >= 11 is 0. The van der Waals surface area contributed by atoms with Crippen molar-refractivity contribution in [1.82, 2.24) is 10.6 Å². The van der Waals surface area contributed by atoms with E-state index < -0.39 is 21.8 Å². The average molecular weight is 297 g/mol. The number of benzene rings is 1. The van der Waals surface area contributed by atoms with Crippen LogP contribution in [0.25, 0.3) is 0 Å². The number of amides is 2. The number of imide groups is 1. The number of carbonyl (C=O) groups excluding carboxylic acids is 2. The van der Waals surface area contributed by atoms with Crippen LogP contribution in [0, 0.1) is 0 Å². The highest BCUT2D eigenvalue weighted by molar-refractivity contribution is 7.92. The molecule has 2 rings (SSSR count). The molecule has 108 valence electrons. The summed E-state index contributed by atoms with van der Waals surface area (Å²) in [4.78, 5) is 22.9. The van der Waals surface area contributed by atoms with E-state index in [1.807, 2.05) is 6.92 Å². The maximum Gasteiger partial charge on any atom is 0.259 e. The SMILES string of the molecule is CCNCCS(=O)(=O)Nc1ccc2c(c1)C(=O)NC2=O. The van der Waals surface area contributed by atoms with E-state index in [1.54, 1.807) is 0 Å². The molecule has 0 atom stereocenters. The third-order valence-corrected chi connectivity index (χ3v) is 4.10.